The van der Waals surface area contributed by atoms with Crippen molar-refractivity contribution in [1.82, 2.24) is 4.72 Å². The van der Waals surface area contributed by atoms with Crippen molar-refractivity contribution in [2.45, 2.75) is 30.1 Å². The average Bonchev–Trinajstić information content (AvgIpc) is 2.63. The Kier molecular flexibility index (Phi) is 3.63. The van der Waals surface area contributed by atoms with Crippen LogP contribution in [0.4, 0.5) is 0 Å². The van der Waals surface area contributed by atoms with Crippen LogP contribution in [-0.2, 0) is 16.6 Å². The highest BCUT2D eigenvalue weighted by molar-refractivity contribution is 7.91. The minimum Gasteiger partial charge on any atom is -0.391 e. The van der Waals surface area contributed by atoms with E-state index in [2.05, 4.69) is 4.72 Å². The van der Waals surface area contributed by atoms with Gasteiger partial charge in [0.05, 0.1) is 6.61 Å². The number of hydrogen-bond acceptors (Lipinski definition) is 4. The van der Waals surface area contributed by atoms with Crippen molar-refractivity contribution >= 4 is 21.4 Å². The summed E-state index contributed by atoms with van der Waals surface area (Å²) in [4.78, 5) is 0.670. The highest BCUT2D eigenvalue weighted by Crippen LogP contribution is 2.26. The number of aliphatic hydroxyl groups is 1. The molecule has 2 rings (SSSR count). The number of hydrogen-bond donors (Lipinski definition) is 2. The molecule has 6 heteroatoms. The van der Waals surface area contributed by atoms with Gasteiger partial charge in [-0.1, -0.05) is 6.42 Å². The first-order valence-electron chi connectivity index (χ1n) is 5.31. The van der Waals surface area contributed by atoms with Gasteiger partial charge in [-0.25, -0.2) is 13.1 Å². The minimum absolute atomic E-state index is 0.108. The van der Waals surface area contributed by atoms with Crippen LogP contribution in [0.2, 0.25) is 0 Å². The summed E-state index contributed by atoms with van der Waals surface area (Å²) < 4.78 is 26.6. The lowest BCUT2D eigenvalue weighted by molar-refractivity contribution is 0.285. The largest absolute Gasteiger partial charge is 0.391 e. The molecule has 2 N–H and O–H groups in total. The van der Waals surface area contributed by atoms with Gasteiger partial charge in [-0.2, -0.15) is 0 Å². The number of nitrogens with one attached hydrogen (secondary N) is 1. The van der Waals surface area contributed by atoms with Gasteiger partial charge in [0.15, 0.2) is 0 Å². The zero-order chi connectivity index (χ0) is 11.6. The molecule has 0 saturated heterocycles. The lowest BCUT2D eigenvalue weighted by Gasteiger charge is -2.25. The standard InChI is InChI=1S/C10H15NO3S2/c12-7-9-4-5-10(15-9)16(13,14)11-6-8-2-1-3-8/h4-5,8,11-12H,1-3,6-7H2. The molecule has 1 heterocycles. The van der Waals surface area contributed by atoms with Crippen molar-refractivity contribution in [1.29, 1.82) is 0 Å². The third-order valence-corrected chi connectivity index (χ3v) is 5.83. The van der Waals surface area contributed by atoms with Gasteiger partial charge in [0.25, 0.3) is 0 Å². The molecule has 90 valence electrons. The Morgan fingerprint density at radius 2 is 2.19 bits per heavy atom. The second kappa shape index (κ2) is 4.83. The molecule has 0 spiro atoms. The third kappa shape index (κ3) is 2.63. The molecule has 1 aromatic rings. The number of aliphatic hydroxyl groups excluding tert-OH is 1. The van der Waals surface area contributed by atoms with Crippen molar-refractivity contribution in [2.24, 2.45) is 5.92 Å². The van der Waals surface area contributed by atoms with E-state index in [9.17, 15) is 8.42 Å². The quantitative estimate of drug-likeness (QED) is 0.840. The Morgan fingerprint density at radius 3 is 2.69 bits per heavy atom. The van der Waals surface area contributed by atoms with Crippen LogP contribution in [0.1, 0.15) is 24.1 Å². The Balaban J connectivity index is 1.99. The average molecular weight is 261 g/mol. The Bertz CT molecular complexity index is 448. The van der Waals surface area contributed by atoms with Crippen LogP contribution in [-0.4, -0.2) is 20.1 Å². The van der Waals surface area contributed by atoms with E-state index in [0.717, 1.165) is 24.2 Å². The summed E-state index contributed by atoms with van der Waals surface area (Å²) in [6.45, 7) is 0.428. The predicted molar refractivity (Wildman–Crippen MR) is 62.8 cm³/mol. The molecular weight excluding hydrogens is 246 g/mol. The van der Waals surface area contributed by atoms with Gasteiger partial charge in [-0.3, -0.25) is 0 Å². The maximum atomic E-state index is 11.8. The van der Waals surface area contributed by atoms with Crippen LogP contribution in [0.15, 0.2) is 16.3 Å². The summed E-state index contributed by atoms with van der Waals surface area (Å²) in [5.41, 5.74) is 0. The van der Waals surface area contributed by atoms with Gasteiger partial charge in [-0.05, 0) is 30.9 Å². The summed E-state index contributed by atoms with van der Waals surface area (Å²) in [6.07, 6.45) is 3.45. The SMILES string of the molecule is O=S(=O)(NCC1CCC1)c1ccc(CO)s1. The number of sulfonamides is 1. The van der Waals surface area contributed by atoms with Gasteiger partial charge < -0.3 is 5.11 Å². The van der Waals surface area contributed by atoms with Crippen LogP contribution < -0.4 is 4.72 Å². The fraction of sp³-hybridized carbons (Fsp3) is 0.600. The molecule has 4 nitrogen and oxygen atoms in total. The number of rotatable bonds is 5. The molecule has 1 aliphatic rings. The molecule has 0 aromatic carbocycles. The highest BCUT2D eigenvalue weighted by atomic mass is 32.2. The molecule has 1 saturated carbocycles. The monoisotopic (exact) mass is 261 g/mol. The second-order valence-electron chi connectivity index (χ2n) is 4.03. The van der Waals surface area contributed by atoms with Gasteiger partial charge in [-0.15, -0.1) is 11.3 Å². The number of thiophene rings is 1. The molecule has 1 aromatic heterocycles. The molecule has 0 radical (unpaired) electrons. The van der Waals surface area contributed by atoms with Crippen LogP contribution >= 0.6 is 11.3 Å². The van der Waals surface area contributed by atoms with Crippen LogP contribution in [0.5, 0.6) is 0 Å². The summed E-state index contributed by atoms with van der Waals surface area (Å²) in [5.74, 6) is 0.507. The molecular formula is C10H15NO3S2. The van der Waals surface area contributed by atoms with Crippen molar-refractivity contribution in [2.75, 3.05) is 6.54 Å². The van der Waals surface area contributed by atoms with E-state index in [1.54, 1.807) is 12.1 Å². The van der Waals surface area contributed by atoms with E-state index in [4.69, 9.17) is 5.11 Å². The van der Waals surface area contributed by atoms with E-state index in [-0.39, 0.29) is 10.8 Å². The van der Waals surface area contributed by atoms with Crippen molar-refractivity contribution in [3.8, 4) is 0 Å². The molecule has 0 unspecified atom stereocenters. The smallest absolute Gasteiger partial charge is 0.250 e. The van der Waals surface area contributed by atoms with Crippen LogP contribution in [0, 0.1) is 5.92 Å². The van der Waals surface area contributed by atoms with Crippen molar-refractivity contribution in [3.05, 3.63) is 17.0 Å². The topological polar surface area (TPSA) is 66.4 Å². The molecule has 16 heavy (non-hydrogen) atoms. The van der Waals surface area contributed by atoms with Gasteiger partial charge in [0, 0.05) is 11.4 Å². The Hall–Kier alpha value is -0.430. The third-order valence-electron chi connectivity index (χ3n) is 2.84. The van der Waals surface area contributed by atoms with Crippen molar-refractivity contribution < 1.29 is 13.5 Å². The molecule has 0 atom stereocenters. The van der Waals surface area contributed by atoms with E-state index in [1.165, 1.54) is 6.42 Å². The maximum Gasteiger partial charge on any atom is 0.250 e. The molecule has 1 aliphatic carbocycles. The van der Waals surface area contributed by atoms with E-state index in [0.29, 0.717) is 17.3 Å². The fourth-order valence-corrected chi connectivity index (χ4v) is 3.96. The van der Waals surface area contributed by atoms with Crippen LogP contribution in [0.3, 0.4) is 0 Å². The first kappa shape index (κ1) is 12.0. The van der Waals surface area contributed by atoms with Gasteiger partial charge in [0.1, 0.15) is 4.21 Å². The summed E-state index contributed by atoms with van der Waals surface area (Å²) in [5, 5.41) is 8.88. The minimum atomic E-state index is -3.36. The summed E-state index contributed by atoms with van der Waals surface area (Å²) in [7, 11) is -3.36. The molecule has 0 amide bonds. The van der Waals surface area contributed by atoms with E-state index in [1.807, 2.05) is 0 Å². The van der Waals surface area contributed by atoms with Gasteiger partial charge >= 0.3 is 0 Å². The summed E-state index contributed by atoms with van der Waals surface area (Å²) in [6, 6.07) is 3.18. The van der Waals surface area contributed by atoms with E-state index < -0.39 is 10.0 Å². The second-order valence-corrected chi connectivity index (χ2v) is 7.19. The van der Waals surface area contributed by atoms with Crippen LogP contribution in [0.25, 0.3) is 0 Å². The van der Waals surface area contributed by atoms with Crippen molar-refractivity contribution in [3.63, 3.8) is 0 Å². The lowest BCUT2D eigenvalue weighted by atomic mass is 9.86. The maximum absolute atomic E-state index is 11.8. The Morgan fingerprint density at radius 1 is 1.44 bits per heavy atom. The first-order chi connectivity index (χ1) is 7.62. The fourth-order valence-electron chi connectivity index (χ4n) is 1.58. The summed E-state index contributed by atoms with van der Waals surface area (Å²) >= 11 is 1.12. The highest BCUT2D eigenvalue weighted by Gasteiger charge is 2.22. The predicted octanol–water partition coefficient (Wildman–Crippen LogP) is 1.32. The zero-order valence-corrected chi connectivity index (χ0v) is 10.5. The Labute approximate surface area is 99.4 Å². The molecule has 0 bridgehead atoms. The van der Waals surface area contributed by atoms with E-state index >= 15 is 0 Å². The lowest BCUT2D eigenvalue weighted by Crippen LogP contribution is -2.31. The molecule has 1 fully saturated rings. The molecule has 0 aliphatic heterocycles. The zero-order valence-electron chi connectivity index (χ0n) is 8.85. The van der Waals surface area contributed by atoms with Gasteiger partial charge in [0.2, 0.25) is 10.0 Å². The first-order valence-corrected chi connectivity index (χ1v) is 7.61. The normalized spacial score (nSPS) is 17.3.